The zero-order valence-electron chi connectivity index (χ0n) is 10.9. The number of hydrogen-bond donors (Lipinski definition) is 1. The highest BCUT2D eigenvalue weighted by Gasteiger charge is 2.18. The summed E-state index contributed by atoms with van der Waals surface area (Å²) in [5, 5.41) is 3.93. The van der Waals surface area contributed by atoms with Crippen molar-refractivity contribution in [1.29, 1.82) is 0 Å². The zero-order valence-corrected chi connectivity index (χ0v) is 12.5. The molecule has 1 heterocycles. The van der Waals surface area contributed by atoms with Crippen LogP contribution in [0.2, 0.25) is 0 Å². The minimum atomic E-state index is 0.404. The fourth-order valence-corrected chi connectivity index (χ4v) is 2.64. The van der Waals surface area contributed by atoms with Gasteiger partial charge in [-0.2, -0.15) is 0 Å². The Balaban J connectivity index is 2.23. The van der Waals surface area contributed by atoms with Crippen molar-refractivity contribution < 1.29 is 4.52 Å². The molecule has 3 nitrogen and oxygen atoms in total. The molecule has 4 heteroatoms. The van der Waals surface area contributed by atoms with Crippen molar-refractivity contribution in [1.82, 2.24) is 5.16 Å². The third-order valence-corrected chi connectivity index (χ3v) is 3.71. The van der Waals surface area contributed by atoms with Crippen LogP contribution in [0.4, 0.5) is 5.82 Å². The van der Waals surface area contributed by atoms with Crippen LogP contribution in [0.25, 0.3) is 22.5 Å². The molecule has 0 saturated heterocycles. The van der Waals surface area contributed by atoms with Crippen LogP contribution in [0.15, 0.2) is 57.5 Å². The van der Waals surface area contributed by atoms with Crippen LogP contribution in [0.3, 0.4) is 0 Å². The van der Waals surface area contributed by atoms with Crippen molar-refractivity contribution in [2.24, 2.45) is 0 Å². The summed E-state index contributed by atoms with van der Waals surface area (Å²) in [7, 11) is 0. The minimum absolute atomic E-state index is 0.404. The lowest BCUT2D eigenvalue weighted by Crippen LogP contribution is -1.89. The first-order valence-corrected chi connectivity index (χ1v) is 7.03. The van der Waals surface area contributed by atoms with E-state index in [-0.39, 0.29) is 0 Å². The van der Waals surface area contributed by atoms with Gasteiger partial charge >= 0.3 is 0 Å². The molecule has 3 rings (SSSR count). The quantitative estimate of drug-likeness (QED) is 0.744. The lowest BCUT2D eigenvalue weighted by molar-refractivity contribution is 0.436. The summed E-state index contributed by atoms with van der Waals surface area (Å²) >= 11 is 3.48. The summed E-state index contributed by atoms with van der Waals surface area (Å²) in [4.78, 5) is 0. The van der Waals surface area contributed by atoms with Gasteiger partial charge in [0.25, 0.3) is 0 Å². The van der Waals surface area contributed by atoms with Crippen LogP contribution in [-0.4, -0.2) is 5.16 Å². The number of aryl methyl sites for hydroxylation is 1. The Bertz CT molecular complexity index is 765. The Morgan fingerprint density at radius 3 is 2.65 bits per heavy atom. The van der Waals surface area contributed by atoms with E-state index in [0.29, 0.717) is 11.6 Å². The van der Waals surface area contributed by atoms with Crippen LogP contribution < -0.4 is 5.73 Å². The summed E-state index contributed by atoms with van der Waals surface area (Å²) in [5.41, 5.74) is 9.94. The number of hydrogen-bond acceptors (Lipinski definition) is 3. The highest BCUT2D eigenvalue weighted by atomic mass is 79.9. The first-order valence-electron chi connectivity index (χ1n) is 6.24. The van der Waals surface area contributed by atoms with Crippen molar-refractivity contribution in [2.75, 3.05) is 5.73 Å². The first kappa shape index (κ1) is 12.9. The lowest BCUT2D eigenvalue weighted by Gasteiger charge is -2.05. The predicted octanol–water partition coefficient (Wildman–Crippen LogP) is 4.66. The van der Waals surface area contributed by atoms with Gasteiger partial charge < -0.3 is 10.3 Å². The van der Waals surface area contributed by atoms with Gasteiger partial charge in [0.1, 0.15) is 0 Å². The van der Waals surface area contributed by atoms with E-state index in [9.17, 15) is 0 Å². The monoisotopic (exact) mass is 328 g/mol. The molecule has 0 atom stereocenters. The normalized spacial score (nSPS) is 10.7. The third kappa shape index (κ3) is 2.23. The molecule has 0 amide bonds. The maximum Gasteiger partial charge on any atom is 0.177 e. The lowest BCUT2D eigenvalue weighted by atomic mass is 9.99. The SMILES string of the molecule is Cc1ccccc1-c1onc(N)c1-c1cccc(Br)c1. The maximum absolute atomic E-state index is 5.99. The molecular weight excluding hydrogens is 316 g/mol. The molecule has 0 radical (unpaired) electrons. The summed E-state index contributed by atoms with van der Waals surface area (Å²) in [6, 6.07) is 16.0. The van der Waals surface area contributed by atoms with Crippen LogP contribution in [0.1, 0.15) is 5.56 Å². The molecule has 2 N–H and O–H groups in total. The fourth-order valence-electron chi connectivity index (χ4n) is 2.24. The third-order valence-electron chi connectivity index (χ3n) is 3.22. The molecular formula is C16H13BrN2O. The van der Waals surface area contributed by atoms with Crippen LogP contribution in [-0.2, 0) is 0 Å². The number of benzene rings is 2. The van der Waals surface area contributed by atoms with Crippen molar-refractivity contribution in [3.05, 3.63) is 58.6 Å². The van der Waals surface area contributed by atoms with Gasteiger partial charge in [-0.1, -0.05) is 57.5 Å². The Hall–Kier alpha value is -2.07. The van der Waals surface area contributed by atoms with Gasteiger partial charge in [0.15, 0.2) is 11.6 Å². The Kier molecular flexibility index (Phi) is 3.32. The van der Waals surface area contributed by atoms with E-state index in [1.54, 1.807) is 0 Å². The number of rotatable bonds is 2. The molecule has 0 aliphatic rings. The van der Waals surface area contributed by atoms with Gasteiger partial charge in [0.05, 0.1) is 5.56 Å². The van der Waals surface area contributed by atoms with Crippen molar-refractivity contribution in [2.45, 2.75) is 6.92 Å². The maximum atomic E-state index is 5.99. The smallest absolute Gasteiger partial charge is 0.177 e. The van der Waals surface area contributed by atoms with Crippen LogP contribution in [0.5, 0.6) is 0 Å². The van der Waals surface area contributed by atoms with Crippen LogP contribution in [0, 0.1) is 6.92 Å². The summed E-state index contributed by atoms with van der Waals surface area (Å²) in [6.07, 6.45) is 0. The van der Waals surface area contributed by atoms with Gasteiger partial charge in [-0.05, 0) is 30.2 Å². The number of nitrogens with zero attached hydrogens (tertiary/aromatic N) is 1. The number of nitrogens with two attached hydrogens (primary N) is 1. The summed E-state index contributed by atoms with van der Waals surface area (Å²) < 4.78 is 6.46. The largest absolute Gasteiger partial charge is 0.380 e. The van der Waals surface area contributed by atoms with Gasteiger partial charge in [0, 0.05) is 10.0 Å². The Labute approximate surface area is 125 Å². The second-order valence-electron chi connectivity index (χ2n) is 4.60. The van der Waals surface area contributed by atoms with Crippen LogP contribution >= 0.6 is 15.9 Å². The minimum Gasteiger partial charge on any atom is -0.380 e. The van der Waals surface area contributed by atoms with Crippen molar-refractivity contribution in [3.63, 3.8) is 0 Å². The molecule has 0 aliphatic heterocycles. The second kappa shape index (κ2) is 5.13. The average molecular weight is 329 g/mol. The van der Waals surface area contributed by atoms with E-state index in [0.717, 1.165) is 26.7 Å². The van der Waals surface area contributed by atoms with Gasteiger partial charge in [-0.25, -0.2) is 0 Å². The van der Waals surface area contributed by atoms with E-state index in [1.807, 2.05) is 55.5 Å². The molecule has 100 valence electrons. The molecule has 0 bridgehead atoms. The van der Waals surface area contributed by atoms with E-state index < -0.39 is 0 Å². The number of nitrogen functional groups attached to an aromatic ring is 1. The van der Waals surface area contributed by atoms with E-state index in [2.05, 4.69) is 21.1 Å². The molecule has 0 saturated carbocycles. The molecule has 1 aromatic heterocycles. The van der Waals surface area contributed by atoms with Crippen molar-refractivity contribution in [3.8, 4) is 22.5 Å². The predicted molar refractivity (Wildman–Crippen MR) is 84.2 cm³/mol. The van der Waals surface area contributed by atoms with Crippen molar-refractivity contribution >= 4 is 21.7 Å². The molecule has 0 spiro atoms. The number of anilines is 1. The summed E-state index contributed by atoms with van der Waals surface area (Å²) in [5.74, 6) is 1.11. The first-order chi connectivity index (χ1) is 9.66. The zero-order chi connectivity index (χ0) is 14.1. The molecule has 0 fully saturated rings. The van der Waals surface area contributed by atoms with Gasteiger partial charge in [0.2, 0.25) is 0 Å². The van der Waals surface area contributed by atoms with E-state index >= 15 is 0 Å². The van der Waals surface area contributed by atoms with E-state index in [1.165, 1.54) is 0 Å². The Morgan fingerprint density at radius 1 is 1.10 bits per heavy atom. The highest BCUT2D eigenvalue weighted by Crippen LogP contribution is 2.38. The van der Waals surface area contributed by atoms with Gasteiger partial charge in [-0.15, -0.1) is 0 Å². The molecule has 0 unspecified atom stereocenters. The second-order valence-corrected chi connectivity index (χ2v) is 5.51. The molecule has 3 aromatic rings. The fraction of sp³-hybridized carbons (Fsp3) is 0.0625. The van der Waals surface area contributed by atoms with E-state index in [4.69, 9.17) is 10.3 Å². The molecule has 20 heavy (non-hydrogen) atoms. The Morgan fingerprint density at radius 2 is 1.90 bits per heavy atom. The standard InChI is InChI=1S/C16H13BrN2O/c1-10-5-2-3-8-13(10)15-14(16(18)19-20-15)11-6-4-7-12(17)9-11/h2-9H,1H3,(H2,18,19). The average Bonchev–Trinajstić information content (AvgIpc) is 2.81. The summed E-state index contributed by atoms with van der Waals surface area (Å²) in [6.45, 7) is 2.04. The van der Waals surface area contributed by atoms with Gasteiger partial charge in [-0.3, -0.25) is 0 Å². The number of aromatic nitrogens is 1. The number of halogens is 1. The highest BCUT2D eigenvalue weighted by molar-refractivity contribution is 9.10. The molecule has 0 aliphatic carbocycles. The molecule has 2 aromatic carbocycles. The topological polar surface area (TPSA) is 52.0 Å².